The lowest BCUT2D eigenvalue weighted by atomic mass is 10.2. The number of halogens is 3. The minimum atomic E-state index is -3.31. The molecule has 0 spiro atoms. The summed E-state index contributed by atoms with van der Waals surface area (Å²) < 4.78 is 25.3. The number of rotatable bonds is 14. The van der Waals surface area contributed by atoms with Crippen molar-refractivity contribution >= 4 is 48.4 Å². The summed E-state index contributed by atoms with van der Waals surface area (Å²) >= 11 is 17.2. The van der Waals surface area contributed by atoms with Crippen LogP contribution in [0.5, 0.6) is 0 Å². The molecule has 0 amide bonds. The lowest BCUT2D eigenvalue weighted by Gasteiger charge is -2.30. The molecule has 0 saturated carbocycles. The molecule has 10 heteroatoms. The van der Waals surface area contributed by atoms with Gasteiger partial charge in [0.2, 0.25) is 0 Å². The van der Waals surface area contributed by atoms with Crippen molar-refractivity contribution in [1.29, 1.82) is 0 Å². The molecule has 0 saturated heterocycles. The number of nitrogens with one attached hydrogen (secondary N) is 1. The number of hydrogen-bond acceptors (Lipinski definition) is 4. The number of carbonyl (C=O) groups is 1. The first kappa shape index (κ1) is 23.7. The minimum absolute atomic E-state index is 0.135. The van der Waals surface area contributed by atoms with Gasteiger partial charge in [0.25, 0.3) is 0 Å². The fourth-order valence-corrected chi connectivity index (χ4v) is 4.86. The minimum Gasteiger partial charge on any atom is -0.462 e. The number of nitrogens with zero attached hydrogens (tertiary/aromatic N) is 1. The number of ether oxygens (including phenoxy) is 1. The Morgan fingerprint density at radius 3 is 2.27 bits per heavy atom. The number of benzene rings is 1. The Bertz CT molecular complexity index is 560. The predicted octanol–water partition coefficient (Wildman–Crippen LogP) is 3.97. The van der Waals surface area contributed by atoms with Crippen LogP contribution in [0.25, 0.3) is 0 Å². The standard InChI is InChI=1S/C16H24Cl3N2O4P/c17-7-11-21(12-8-18)26(23,25-14-9-19)20-10-4-13-24-16(22)15-5-2-1-3-6-15/h1-3,5-6H,4,7-14H2,(H,20,23). The van der Waals surface area contributed by atoms with Crippen LogP contribution in [0.2, 0.25) is 0 Å². The van der Waals surface area contributed by atoms with E-state index in [4.69, 9.17) is 44.1 Å². The van der Waals surface area contributed by atoms with E-state index in [0.29, 0.717) is 43.4 Å². The van der Waals surface area contributed by atoms with E-state index >= 15 is 0 Å². The zero-order valence-corrected chi connectivity index (χ0v) is 17.6. The van der Waals surface area contributed by atoms with Crippen molar-refractivity contribution in [2.24, 2.45) is 0 Å². The summed E-state index contributed by atoms with van der Waals surface area (Å²) in [5.74, 6) is 0.414. The van der Waals surface area contributed by atoms with Crippen molar-refractivity contribution in [3.63, 3.8) is 0 Å². The summed E-state index contributed by atoms with van der Waals surface area (Å²) in [6, 6.07) is 8.73. The molecule has 0 aromatic heterocycles. The highest BCUT2D eigenvalue weighted by molar-refractivity contribution is 7.54. The summed E-state index contributed by atoms with van der Waals surface area (Å²) in [6.45, 7) is 1.40. The molecule has 0 fully saturated rings. The zero-order chi connectivity index (χ0) is 19.3. The summed E-state index contributed by atoms with van der Waals surface area (Å²) in [6.07, 6.45) is 0.475. The number of carbonyl (C=O) groups excluding carboxylic acids is 1. The second-order valence-electron chi connectivity index (χ2n) is 5.14. The van der Waals surface area contributed by atoms with Crippen LogP contribution in [0.1, 0.15) is 16.8 Å². The maximum absolute atomic E-state index is 13.1. The lowest BCUT2D eigenvalue weighted by Crippen LogP contribution is -2.33. The Morgan fingerprint density at radius 1 is 1.04 bits per heavy atom. The largest absolute Gasteiger partial charge is 0.462 e. The second kappa shape index (κ2) is 13.8. The molecule has 6 nitrogen and oxygen atoms in total. The number of hydrogen-bond donors (Lipinski definition) is 1. The maximum Gasteiger partial charge on any atom is 0.343 e. The van der Waals surface area contributed by atoms with Crippen LogP contribution in [0.15, 0.2) is 30.3 Å². The fraction of sp³-hybridized carbons (Fsp3) is 0.562. The van der Waals surface area contributed by atoms with Crippen LogP contribution >= 0.6 is 42.5 Å². The SMILES string of the molecule is O=C(OCCCNP(=O)(OCCCl)N(CCCl)CCCl)c1ccccc1. The number of esters is 1. The molecule has 1 aromatic carbocycles. The first-order valence-electron chi connectivity index (χ1n) is 8.22. The maximum atomic E-state index is 13.1. The fourth-order valence-electron chi connectivity index (χ4n) is 2.07. The van der Waals surface area contributed by atoms with Crippen molar-refractivity contribution in [1.82, 2.24) is 9.76 Å². The molecule has 1 unspecified atom stereocenters. The van der Waals surface area contributed by atoms with Crippen LogP contribution in [0, 0.1) is 0 Å². The molecule has 0 bridgehead atoms. The third-order valence-corrected chi connectivity index (χ3v) is 6.07. The third-order valence-electron chi connectivity index (χ3n) is 3.28. The van der Waals surface area contributed by atoms with Gasteiger partial charge in [-0.05, 0) is 18.6 Å². The van der Waals surface area contributed by atoms with Gasteiger partial charge in [-0.15, -0.1) is 34.8 Å². The van der Waals surface area contributed by atoms with Gasteiger partial charge in [0, 0.05) is 37.3 Å². The van der Waals surface area contributed by atoms with Crippen LogP contribution in [-0.4, -0.2) is 61.1 Å². The lowest BCUT2D eigenvalue weighted by molar-refractivity contribution is 0.0502. The molecule has 0 aliphatic rings. The predicted molar refractivity (Wildman–Crippen MR) is 107 cm³/mol. The van der Waals surface area contributed by atoms with Gasteiger partial charge in [-0.2, -0.15) is 0 Å². The van der Waals surface area contributed by atoms with E-state index in [1.54, 1.807) is 28.9 Å². The van der Waals surface area contributed by atoms with Gasteiger partial charge in [-0.1, -0.05) is 18.2 Å². The highest BCUT2D eigenvalue weighted by Gasteiger charge is 2.30. The van der Waals surface area contributed by atoms with Gasteiger partial charge < -0.3 is 9.26 Å². The molecule has 1 atom stereocenters. The summed E-state index contributed by atoms with van der Waals surface area (Å²) in [4.78, 5) is 11.9. The van der Waals surface area contributed by atoms with Gasteiger partial charge in [-0.25, -0.2) is 14.6 Å². The Balaban J connectivity index is 2.47. The second-order valence-corrected chi connectivity index (χ2v) is 8.45. The first-order chi connectivity index (χ1) is 12.6. The molecule has 0 radical (unpaired) electrons. The summed E-state index contributed by atoms with van der Waals surface area (Å²) in [5.41, 5.74) is 0.493. The quantitative estimate of drug-likeness (QED) is 0.202. The molecule has 0 aliphatic heterocycles. The van der Waals surface area contributed by atoms with Crippen LogP contribution < -0.4 is 5.09 Å². The Labute approximate surface area is 169 Å². The van der Waals surface area contributed by atoms with E-state index in [1.165, 1.54) is 0 Å². The van der Waals surface area contributed by atoms with Gasteiger partial charge in [0.1, 0.15) is 0 Å². The summed E-state index contributed by atoms with van der Waals surface area (Å²) in [5, 5.41) is 2.91. The number of alkyl halides is 3. The molecule has 0 aliphatic carbocycles. The molecular weight excluding hydrogens is 422 g/mol. The van der Waals surface area contributed by atoms with E-state index in [1.807, 2.05) is 6.07 Å². The molecule has 148 valence electrons. The van der Waals surface area contributed by atoms with E-state index in [2.05, 4.69) is 5.09 Å². The van der Waals surface area contributed by atoms with E-state index in [9.17, 15) is 9.36 Å². The summed E-state index contributed by atoms with van der Waals surface area (Å²) in [7, 11) is -3.31. The van der Waals surface area contributed by atoms with Gasteiger partial charge in [-0.3, -0.25) is 4.57 Å². The van der Waals surface area contributed by atoms with Crippen LogP contribution in [-0.2, 0) is 13.8 Å². The molecule has 1 aromatic rings. The Morgan fingerprint density at radius 2 is 1.69 bits per heavy atom. The molecule has 26 heavy (non-hydrogen) atoms. The van der Waals surface area contributed by atoms with Gasteiger partial charge in [0.05, 0.1) is 18.8 Å². The molecule has 0 heterocycles. The average Bonchev–Trinajstić information content (AvgIpc) is 2.66. The molecular formula is C16H24Cl3N2O4P. The first-order valence-corrected chi connectivity index (χ1v) is 11.4. The van der Waals surface area contributed by atoms with Crippen molar-refractivity contribution in [2.75, 3.05) is 50.5 Å². The van der Waals surface area contributed by atoms with Gasteiger partial charge in [0.15, 0.2) is 0 Å². The van der Waals surface area contributed by atoms with E-state index in [-0.39, 0.29) is 19.1 Å². The average molecular weight is 446 g/mol. The molecule has 1 rings (SSSR count). The van der Waals surface area contributed by atoms with E-state index in [0.717, 1.165) is 0 Å². The van der Waals surface area contributed by atoms with Crippen molar-refractivity contribution in [3.8, 4) is 0 Å². The van der Waals surface area contributed by atoms with Crippen LogP contribution in [0.4, 0.5) is 0 Å². The topological polar surface area (TPSA) is 67.9 Å². The third kappa shape index (κ3) is 8.57. The van der Waals surface area contributed by atoms with E-state index < -0.39 is 13.6 Å². The van der Waals surface area contributed by atoms with Crippen molar-refractivity contribution in [3.05, 3.63) is 35.9 Å². The Hall–Kier alpha value is -0.330. The van der Waals surface area contributed by atoms with Crippen LogP contribution in [0.3, 0.4) is 0 Å². The van der Waals surface area contributed by atoms with Crippen molar-refractivity contribution < 1.29 is 18.6 Å². The van der Waals surface area contributed by atoms with Gasteiger partial charge >= 0.3 is 13.6 Å². The monoisotopic (exact) mass is 444 g/mol. The highest BCUT2D eigenvalue weighted by Crippen LogP contribution is 2.46. The Kier molecular flexibility index (Phi) is 12.6. The highest BCUT2D eigenvalue weighted by atomic mass is 35.5. The smallest absolute Gasteiger partial charge is 0.343 e. The zero-order valence-electron chi connectivity index (χ0n) is 14.4. The normalized spacial score (nSPS) is 13.5. The van der Waals surface area contributed by atoms with Crippen molar-refractivity contribution in [2.45, 2.75) is 6.42 Å². The molecule has 1 N–H and O–H groups in total.